The first-order valence-electron chi connectivity index (χ1n) is 7.42. The second-order valence-electron chi connectivity index (χ2n) is 5.83. The van der Waals surface area contributed by atoms with Crippen LogP contribution in [-0.2, 0) is 11.2 Å². The summed E-state index contributed by atoms with van der Waals surface area (Å²) in [4.78, 5) is 15.9. The van der Waals surface area contributed by atoms with Crippen molar-refractivity contribution in [2.24, 2.45) is 5.92 Å². The van der Waals surface area contributed by atoms with Gasteiger partial charge in [0.25, 0.3) is 0 Å². The van der Waals surface area contributed by atoms with Crippen molar-refractivity contribution >= 4 is 17.1 Å². The molecule has 0 radical (unpaired) electrons. The maximum Gasteiger partial charge on any atom is 0.137 e. The Hall–Kier alpha value is -0.670. The number of Topliss-reactive ketones (excluding diaryl/α,β-unsaturated/α-hetero) is 1. The lowest BCUT2D eigenvalue weighted by Gasteiger charge is -2.27. The number of hydrogen-bond donors (Lipinski definition) is 0. The predicted molar refractivity (Wildman–Crippen MR) is 81.7 cm³/mol. The molecule has 1 aliphatic rings. The molecule has 1 aliphatic carbocycles. The molecule has 1 aromatic heterocycles. The van der Waals surface area contributed by atoms with E-state index >= 15 is 0 Å². The number of carbonyl (C=O) groups excluding carboxylic acids is 1. The molecule has 0 saturated heterocycles. The molecule has 3 heteroatoms. The Morgan fingerprint density at radius 1 is 1.42 bits per heavy atom. The van der Waals surface area contributed by atoms with Crippen molar-refractivity contribution in [3.8, 4) is 0 Å². The van der Waals surface area contributed by atoms with Crippen LogP contribution in [0.25, 0.3) is 0 Å². The van der Waals surface area contributed by atoms with Gasteiger partial charge in [-0.15, -0.1) is 11.3 Å². The molecule has 19 heavy (non-hydrogen) atoms. The van der Waals surface area contributed by atoms with E-state index in [4.69, 9.17) is 0 Å². The minimum absolute atomic E-state index is 0.276. The van der Waals surface area contributed by atoms with E-state index in [1.165, 1.54) is 17.7 Å². The number of ketones is 1. The molecule has 0 aromatic carbocycles. The van der Waals surface area contributed by atoms with Crippen molar-refractivity contribution < 1.29 is 4.79 Å². The van der Waals surface area contributed by atoms with Crippen molar-refractivity contribution in [2.75, 3.05) is 13.6 Å². The summed E-state index contributed by atoms with van der Waals surface area (Å²) in [5.41, 5.74) is 0. The summed E-state index contributed by atoms with van der Waals surface area (Å²) in [7, 11) is 2.16. The monoisotopic (exact) mass is 279 g/mol. The van der Waals surface area contributed by atoms with Crippen molar-refractivity contribution in [2.45, 2.75) is 51.5 Å². The highest BCUT2D eigenvalue weighted by atomic mass is 32.1. The van der Waals surface area contributed by atoms with Crippen molar-refractivity contribution in [3.63, 3.8) is 0 Å². The van der Waals surface area contributed by atoms with Gasteiger partial charge in [-0.1, -0.05) is 18.9 Å². The van der Waals surface area contributed by atoms with Crippen LogP contribution in [0.15, 0.2) is 17.5 Å². The summed E-state index contributed by atoms with van der Waals surface area (Å²) < 4.78 is 0. The molecular weight excluding hydrogens is 254 g/mol. The second kappa shape index (κ2) is 7.20. The normalized spacial score (nSPS) is 22.5. The summed E-state index contributed by atoms with van der Waals surface area (Å²) in [6, 6.07) is 4.82. The Balaban J connectivity index is 1.84. The molecule has 1 heterocycles. The third kappa shape index (κ3) is 4.43. The highest BCUT2D eigenvalue weighted by Crippen LogP contribution is 2.22. The van der Waals surface area contributed by atoms with Crippen LogP contribution in [0.5, 0.6) is 0 Å². The Morgan fingerprint density at radius 2 is 2.26 bits per heavy atom. The minimum atomic E-state index is 0.276. The summed E-state index contributed by atoms with van der Waals surface area (Å²) in [6.45, 7) is 3.20. The van der Waals surface area contributed by atoms with E-state index < -0.39 is 0 Å². The first-order valence-corrected chi connectivity index (χ1v) is 8.30. The number of thiophene rings is 1. The van der Waals surface area contributed by atoms with Gasteiger partial charge < -0.3 is 4.90 Å². The van der Waals surface area contributed by atoms with E-state index in [2.05, 4.69) is 36.4 Å². The number of carbonyl (C=O) groups is 1. The fourth-order valence-electron chi connectivity index (χ4n) is 2.83. The van der Waals surface area contributed by atoms with E-state index in [9.17, 15) is 4.79 Å². The standard InChI is InChI=1S/C16H25NOS/c1-13(11-15-8-6-10-19-15)17(2)12-14-7-4-3-5-9-16(14)18/h6,8,10,13-14H,3-5,7,9,11-12H2,1-2H3. The molecule has 0 N–H and O–H groups in total. The zero-order chi connectivity index (χ0) is 13.7. The highest BCUT2D eigenvalue weighted by Gasteiger charge is 2.23. The molecule has 1 aromatic rings. The van der Waals surface area contributed by atoms with Gasteiger partial charge in [-0.2, -0.15) is 0 Å². The summed E-state index contributed by atoms with van der Waals surface area (Å²) >= 11 is 1.83. The van der Waals surface area contributed by atoms with Crippen LogP contribution < -0.4 is 0 Å². The molecule has 106 valence electrons. The van der Waals surface area contributed by atoms with Crippen LogP contribution in [0, 0.1) is 5.92 Å². The molecule has 0 spiro atoms. The number of rotatable bonds is 5. The van der Waals surface area contributed by atoms with E-state index in [1.54, 1.807) is 0 Å². The zero-order valence-electron chi connectivity index (χ0n) is 12.1. The smallest absolute Gasteiger partial charge is 0.137 e. The first kappa shape index (κ1) is 14.7. The Morgan fingerprint density at radius 3 is 3.00 bits per heavy atom. The highest BCUT2D eigenvalue weighted by molar-refractivity contribution is 7.09. The summed E-state index contributed by atoms with van der Waals surface area (Å²) in [5.74, 6) is 0.769. The fraction of sp³-hybridized carbons (Fsp3) is 0.688. The predicted octanol–water partition coefficient (Wildman–Crippen LogP) is 3.76. The lowest BCUT2D eigenvalue weighted by molar-refractivity contribution is -0.123. The molecule has 2 atom stereocenters. The Bertz CT molecular complexity index is 387. The fourth-order valence-corrected chi connectivity index (χ4v) is 3.65. The zero-order valence-corrected chi connectivity index (χ0v) is 12.9. The van der Waals surface area contributed by atoms with Gasteiger partial charge in [0.2, 0.25) is 0 Å². The summed E-state index contributed by atoms with van der Waals surface area (Å²) in [6.07, 6.45) is 6.55. The number of likely N-dealkylation sites (N-methyl/N-ethyl adjacent to an activating group) is 1. The largest absolute Gasteiger partial charge is 0.303 e. The van der Waals surface area contributed by atoms with Gasteiger partial charge in [0.1, 0.15) is 5.78 Å². The third-order valence-corrected chi connectivity index (χ3v) is 5.17. The Labute approximate surface area is 120 Å². The molecule has 0 amide bonds. The van der Waals surface area contributed by atoms with Crippen LogP contribution in [0.2, 0.25) is 0 Å². The van der Waals surface area contributed by atoms with Crippen LogP contribution in [0.1, 0.15) is 43.9 Å². The van der Waals surface area contributed by atoms with Gasteiger partial charge in [-0.05, 0) is 44.7 Å². The van der Waals surface area contributed by atoms with Crippen LogP contribution in [-0.4, -0.2) is 30.3 Å². The van der Waals surface area contributed by atoms with E-state index in [0.717, 1.165) is 32.2 Å². The van der Waals surface area contributed by atoms with Crippen LogP contribution >= 0.6 is 11.3 Å². The lowest BCUT2D eigenvalue weighted by Crippen LogP contribution is -2.37. The van der Waals surface area contributed by atoms with Gasteiger partial charge in [-0.25, -0.2) is 0 Å². The van der Waals surface area contributed by atoms with Crippen LogP contribution in [0.4, 0.5) is 0 Å². The van der Waals surface area contributed by atoms with Crippen molar-refractivity contribution in [1.82, 2.24) is 4.90 Å². The maximum atomic E-state index is 12.1. The molecule has 1 fully saturated rings. The number of hydrogen-bond acceptors (Lipinski definition) is 3. The lowest BCUT2D eigenvalue weighted by atomic mass is 9.97. The SMILES string of the molecule is CC(Cc1cccs1)N(C)CC1CCCCCC1=O. The average molecular weight is 279 g/mol. The van der Waals surface area contributed by atoms with Gasteiger partial charge >= 0.3 is 0 Å². The van der Waals surface area contributed by atoms with Gasteiger partial charge in [0.05, 0.1) is 0 Å². The maximum absolute atomic E-state index is 12.1. The molecule has 2 nitrogen and oxygen atoms in total. The topological polar surface area (TPSA) is 20.3 Å². The first-order chi connectivity index (χ1) is 9.16. The molecule has 2 unspecified atom stereocenters. The molecule has 2 rings (SSSR count). The summed E-state index contributed by atoms with van der Waals surface area (Å²) in [5, 5.41) is 2.14. The quantitative estimate of drug-likeness (QED) is 0.765. The molecule has 1 saturated carbocycles. The van der Waals surface area contributed by atoms with Crippen LogP contribution in [0.3, 0.4) is 0 Å². The van der Waals surface area contributed by atoms with Crippen molar-refractivity contribution in [1.29, 1.82) is 0 Å². The van der Waals surface area contributed by atoms with Crippen molar-refractivity contribution in [3.05, 3.63) is 22.4 Å². The van der Waals surface area contributed by atoms with E-state index in [0.29, 0.717) is 11.8 Å². The molecular formula is C16H25NOS. The molecule has 0 aliphatic heterocycles. The van der Waals surface area contributed by atoms with E-state index in [1.807, 2.05) is 11.3 Å². The molecule has 0 bridgehead atoms. The Kier molecular flexibility index (Phi) is 5.59. The average Bonchev–Trinajstić information content (AvgIpc) is 2.81. The van der Waals surface area contributed by atoms with E-state index in [-0.39, 0.29) is 5.92 Å². The van der Waals surface area contributed by atoms with Gasteiger partial charge in [-0.3, -0.25) is 4.79 Å². The minimum Gasteiger partial charge on any atom is -0.303 e. The van der Waals surface area contributed by atoms with Gasteiger partial charge in [0.15, 0.2) is 0 Å². The second-order valence-corrected chi connectivity index (χ2v) is 6.87. The number of nitrogens with zero attached hydrogens (tertiary/aromatic N) is 1. The van der Waals surface area contributed by atoms with Gasteiger partial charge in [0, 0.05) is 29.8 Å². The third-order valence-electron chi connectivity index (χ3n) is 4.27.